The third kappa shape index (κ3) is 3.36. The Morgan fingerprint density at radius 3 is 3.15 bits per heavy atom. The molecule has 0 aliphatic rings. The molecule has 0 spiro atoms. The number of hydrogen-bond donors (Lipinski definition) is 2. The van der Waals surface area contributed by atoms with Crippen LogP contribution < -0.4 is 5.32 Å². The van der Waals surface area contributed by atoms with E-state index in [2.05, 4.69) is 10.3 Å². The van der Waals surface area contributed by atoms with Gasteiger partial charge < -0.3 is 10.4 Å². The van der Waals surface area contributed by atoms with Crippen LogP contribution in [0.25, 0.3) is 6.08 Å². The number of rotatable bonds is 4. The van der Waals surface area contributed by atoms with Gasteiger partial charge in [-0.1, -0.05) is 6.08 Å². The van der Waals surface area contributed by atoms with Gasteiger partial charge in [0, 0.05) is 12.7 Å². The first-order valence-corrected chi connectivity index (χ1v) is 4.23. The molecule has 0 bridgehead atoms. The molecule has 0 radical (unpaired) electrons. The molecule has 2 N–H and O–H groups in total. The van der Waals surface area contributed by atoms with Gasteiger partial charge in [-0.25, -0.2) is 0 Å². The highest BCUT2D eigenvalue weighted by Crippen LogP contribution is 2.02. The van der Waals surface area contributed by atoms with Crippen molar-refractivity contribution in [2.75, 3.05) is 13.6 Å². The fourth-order valence-electron chi connectivity index (χ4n) is 0.981. The van der Waals surface area contributed by atoms with E-state index in [0.717, 1.165) is 17.8 Å². The second-order valence-electron chi connectivity index (χ2n) is 2.71. The predicted molar refractivity (Wildman–Crippen MR) is 53.1 cm³/mol. The number of nitrogens with one attached hydrogen (secondary N) is 1. The monoisotopic (exact) mass is 178 g/mol. The summed E-state index contributed by atoms with van der Waals surface area (Å²) in [6.45, 7) is 0.889. The first kappa shape index (κ1) is 9.89. The zero-order chi connectivity index (χ0) is 9.52. The minimum absolute atomic E-state index is 0.0649. The molecule has 13 heavy (non-hydrogen) atoms. The predicted octanol–water partition coefficient (Wildman–Crippen LogP) is 0.806. The molecule has 70 valence electrons. The fourth-order valence-corrected chi connectivity index (χ4v) is 0.981. The normalized spacial score (nSPS) is 10.9. The van der Waals surface area contributed by atoms with Gasteiger partial charge in [0.15, 0.2) is 0 Å². The van der Waals surface area contributed by atoms with Gasteiger partial charge in [0.1, 0.15) is 0 Å². The van der Waals surface area contributed by atoms with E-state index in [1.165, 1.54) is 0 Å². The Bertz CT molecular complexity index is 284. The average molecular weight is 178 g/mol. The molecule has 0 saturated carbocycles. The molecule has 3 nitrogen and oxygen atoms in total. The minimum atomic E-state index is 0.0649. The van der Waals surface area contributed by atoms with Crippen LogP contribution in [0.1, 0.15) is 11.3 Å². The van der Waals surface area contributed by atoms with Crippen molar-refractivity contribution in [2.45, 2.75) is 6.61 Å². The zero-order valence-corrected chi connectivity index (χ0v) is 7.70. The van der Waals surface area contributed by atoms with Gasteiger partial charge >= 0.3 is 0 Å². The average Bonchev–Trinajstić information content (AvgIpc) is 2.19. The lowest BCUT2D eigenvalue weighted by atomic mass is 10.2. The second kappa shape index (κ2) is 5.45. The summed E-state index contributed by atoms with van der Waals surface area (Å²) in [5, 5.41) is 11.9. The van der Waals surface area contributed by atoms with E-state index >= 15 is 0 Å². The summed E-state index contributed by atoms with van der Waals surface area (Å²) in [5.41, 5.74) is 1.76. The molecule has 0 aromatic carbocycles. The molecule has 0 unspecified atom stereocenters. The van der Waals surface area contributed by atoms with Gasteiger partial charge in [-0.2, -0.15) is 0 Å². The summed E-state index contributed by atoms with van der Waals surface area (Å²) in [7, 11) is 1.89. The van der Waals surface area contributed by atoms with Crippen LogP contribution in [0.4, 0.5) is 0 Å². The van der Waals surface area contributed by atoms with Crippen LogP contribution in [-0.4, -0.2) is 23.7 Å². The highest BCUT2D eigenvalue weighted by molar-refractivity contribution is 5.45. The SMILES string of the molecule is CNCC=Cc1cc(CO)ccn1. The van der Waals surface area contributed by atoms with E-state index in [1.807, 2.05) is 25.3 Å². The van der Waals surface area contributed by atoms with Crippen LogP contribution in [0, 0.1) is 0 Å². The molecule has 0 aliphatic heterocycles. The number of aromatic nitrogens is 1. The van der Waals surface area contributed by atoms with Crippen molar-refractivity contribution >= 4 is 6.08 Å². The summed E-state index contributed by atoms with van der Waals surface area (Å²) in [5.74, 6) is 0. The number of pyridine rings is 1. The van der Waals surface area contributed by atoms with Crippen molar-refractivity contribution in [3.8, 4) is 0 Å². The second-order valence-corrected chi connectivity index (χ2v) is 2.71. The van der Waals surface area contributed by atoms with Gasteiger partial charge in [0.25, 0.3) is 0 Å². The van der Waals surface area contributed by atoms with Crippen molar-refractivity contribution < 1.29 is 5.11 Å². The first-order chi connectivity index (χ1) is 6.36. The molecule has 0 saturated heterocycles. The summed E-state index contributed by atoms with van der Waals surface area (Å²) in [6.07, 6.45) is 5.61. The van der Waals surface area contributed by atoms with E-state index in [1.54, 1.807) is 12.3 Å². The van der Waals surface area contributed by atoms with Crippen molar-refractivity contribution in [3.05, 3.63) is 35.7 Å². The number of aliphatic hydroxyl groups excluding tert-OH is 1. The molecule has 3 heteroatoms. The van der Waals surface area contributed by atoms with Crippen LogP contribution in [0.2, 0.25) is 0 Å². The molecule has 1 heterocycles. The largest absolute Gasteiger partial charge is 0.392 e. The van der Waals surface area contributed by atoms with Crippen molar-refractivity contribution in [2.24, 2.45) is 0 Å². The smallest absolute Gasteiger partial charge is 0.0683 e. The van der Waals surface area contributed by atoms with Crippen molar-refractivity contribution in [1.29, 1.82) is 0 Å². The Morgan fingerprint density at radius 2 is 2.46 bits per heavy atom. The van der Waals surface area contributed by atoms with E-state index in [-0.39, 0.29) is 6.61 Å². The number of nitrogens with zero attached hydrogens (tertiary/aromatic N) is 1. The molecule has 0 atom stereocenters. The summed E-state index contributed by atoms with van der Waals surface area (Å²) in [6, 6.07) is 3.67. The van der Waals surface area contributed by atoms with Crippen molar-refractivity contribution in [3.63, 3.8) is 0 Å². The lowest BCUT2D eigenvalue weighted by Gasteiger charge is -1.96. The maximum absolute atomic E-state index is 8.87. The number of likely N-dealkylation sites (N-methyl/N-ethyl adjacent to an activating group) is 1. The lowest BCUT2D eigenvalue weighted by molar-refractivity contribution is 0.281. The first-order valence-electron chi connectivity index (χ1n) is 4.23. The Labute approximate surface area is 78.1 Å². The van der Waals surface area contributed by atoms with Crippen LogP contribution in [0.5, 0.6) is 0 Å². The van der Waals surface area contributed by atoms with Gasteiger partial charge in [0.05, 0.1) is 12.3 Å². The highest BCUT2D eigenvalue weighted by Gasteiger charge is 1.91. The van der Waals surface area contributed by atoms with Crippen LogP contribution in [0.3, 0.4) is 0 Å². The third-order valence-electron chi connectivity index (χ3n) is 1.64. The molecule has 0 fully saturated rings. The summed E-state index contributed by atoms with van der Waals surface area (Å²) >= 11 is 0. The maximum atomic E-state index is 8.87. The molecule has 1 aromatic rings. The Morgan fingerprint density at radius 1 is 1.62 bits per heavy atom. The van der Waals surface area contributed by atoms with Crippen LogP contribution in [-0.2, 0) is 6.61 Å². The Kier molecular flexibility index (Phi) is 4.15. The van der Waals surface area contributed by atoms with E-state index < -0.39 is 0 Å². The van der Waals surface area contributed by atoms with Crippen LogP contribution in [0.15, 0.2) is 24.4 Å². The molecule has 1 rings (SSSR count). The van der Waals surface area contributed by atoms with Crippen LogP contribution >= 0.6 is 0 Å². The third-order valence-corrected chi connectivity index (χ3v) is 1.64. The van der Waals surface area contributed by atoms with Gasteiger partial charge in [-0.05, 0) is 30.8 Å². The molecular formula is C10H14N2O. The topological polar surface area (TPSA) is 45.1 Å². The minimum Gasteiger partial charge on any atom is -0.392 e. The molecule has 1 aromatic heterocycles. The van der Waals surface area contributed by atoms with Gasteiger partial charge in [-0.3, -0.25) is 4.98 Å². The Hall–Kier alpha value is -1.19. The van der Waals surface area contributed by atoms with E-state index in [4.69, 9.17) is 5.11 Å². The van der Waals surface area contributed by atoms with E-state index in [9.17, 15) is 0 Å². The zero-order valence-electron chi connectivity index (χ0n) is 7.70. The standard InChI is InChI=1S/C10H14N2O/c1-11-5-2-3-10-7-9(8-13)4-6-12-10/h2-4,6-7,11,13H,5,8H2,1H3. The molecule has 0 amide bonds. The number of hydrogen-bond acceptors (Lipinski definition) is 3. The number of aliphatic hydroxyl groups is 1. The van der Waals surface area contributed by atoms with Crippen molar-refractivity contribution in [1.82, 2.24) is 10.3 Å². The van der Waals surface area contributed by atoms with Gasteiger partial charge in [-0.15, -0.1) is 0 Å². The maximum Gasteiger partial charge on any atom is 0.0683 e. The Balaban J connectivity index is 2.66. The lowest BCUT2D eigenvalue weighted by Crippen LogP contribution is -2.03. The van der Waals surface area contributed by atoms with Gasteiger partial charge in [0.2, 0.25) is 0 Å². The quantitative estimate of drug-likeness (QED) is 0.717. The summed E-state index contributed by atoms with van der Waals surface area (Å²) < 4.78 is 0. The van der Waals surface area contributed by atoms with E-state index in [0.29, 0.717) is 0 Å². The summed E-state index contributed by atoms with van der Waals surface area (Å²) in [4.78, 5) is 4.13. The molecular weight excluding hydrogens is 164 g/mol. The highest BCUT2D eigenvalue weighted by atomic mass is 16.3. The fraction of sp³-hybridized carbons (Fsp3) is 0.300. The molecule has 0 aliphatic carbocycles.